The van der Waals surface area contributed by atoms with Crippen molar-refractivity contribution in [2.24, 2.45) is 0 Å². The molecule has 2 radical (unpaired) electrons. The van der Waals surface area contributed by atoms with Crippen molar-refractivity contribution >= 4 is 13.8 Å². The van der Waals surface area contributed by atoms with Gasteiger partial charge in [0.15, 0.2) is 0 Å². The third-order valence-corrected chi connectivity index (χ3v) is 2.87. The van der Waals surface area contributed by atoms with Crippen molar-refractivity contribution in [3.8, 4) is 11.8 Å². The summed E-state index contributed by atoms with van der Waals surface area (Å²) in [6, 6.07) is 7.53. The van der Waals surface area contributed by atoms with E-state index in [1.807, 2.05) is 19.1 Å². The lowest BCUT2D eigenvalue weighted by Gasteiger charge is -2.12. The molecule has 0 heterocycles. The van der Waals surface area contributed by atoms with Crippen LogP contribution in [0.3, 0.4) is 0 Å². The molecule has 0 bridgehead atoms. The minimum absolute atomic E-state index is 0.302. The van der Waals surface area contributed by atoms with Gasteiger partial charge < -0.3 is 9.47 Å². The van der Waals surface area contributed by atoms with Crippen molar-refractivity contribution in [2.75, 3.05) is 13.2 Å². The van der Waals surface area contributed by atoms with Crippen LogP contribution in [0, 0.1) is 11.3 Å². The van der Waals surface area contributed by atoms with Crippen LogP contribution in [0.1, 0.15) is 31.4 Å². The maximum absolute atomic E-state index is 11.3. The molecule has 0 N–H and O–H groups in total. The maximum atomic E-state index is 11.3. The second-order valence-electron chi connectivity index (χ2n) is 4.28. The Morgan fingerprint density at radius 2 is 2.20 bits per heavy atom. The molecular formula is C15H18BNO3. The van der Waals surface area contributed by atoms with E-state index in [4.69, 9.17) is 22.6 Å². The van der Waals surface area contributed by atoms with Crippen LogP contribution in [0.15, 0.2) is 18.2 Å². The first kappa shape index (κ1) is 16.1. The molecule has 0 aliphatic rings. The first-order chi connectivity index (χ1) is 9.62. The minimum Gasteiger partial charge on any atom is -0.494 e. The number of aryl methyl sites for hydroxylation is 1. The van der Waals surface area contributed by atoms with Crippen molar-refractivity contribution in [1.82, 2.24) is 0 Å². The molecule has 0 spiro atoms. The van der Waals surface area contributed by atoms with Gasteiger partial charge in [0.1, 0.15) is 5.75 Å². The van der Waals surface area contributed by atoms with Gasteiger partial charge in [0.05, 0.1) is 32.7 Å². The van der Waals surface area contributed by atoms with E-state index in [2.05, 4.69) is 6.07 Å². The minimum atomic E-state index is -0.680. The van der Waals surface area contributed by atoms with Crippen molar-refractivity contribution in [1.29, 1.82) is 5.26 Å². The first-order valence-electron chi connectivity index (χ1n) is 6.70. The summed E-state index contributed by atoms with van der Waals surface area (Å²) in [4.78, 5) is 11.3. The summed E-state index contributed by atoms with van der Waals surface area (Å²) in [6.07, 6.45) is 1.17. The highest BCUT2D eigenvalue weighted by Gasteiger charge is 2.13. The molecule has 4 nitrogen and oxygen atoms in total. The Kier molecular flexibility index (Phi) is 6.65. The average Bonchev–Trinajstić information content (AvgIpc) is 2.47. The molecular weight excluding hydrogens is 253 g/mol. The largest absolute Gasteiger partial charge is 0.494 e. The van der Waals surface area contributed by atoms with Gasteiger partial charge in [0, 0.05) is 5.82 Å². The van der Waals surface area contributed by atoms with Gasteiger partial charge in [-0.05, 0) is 37.5 Å². The molecule has 104 valence electrons. The van der Waals surface area contributed by atoms with Crippen LogP contribution in [-0.2, 0) is 16.0 Å². The highest BCUT2D eigenvalue weighted by atomic mass is 16.5. The van der Waals surface area contributed by atoms with Crippen LogP contribution >= 0.6 is 0 Å². The Hall–Kier alpha value is -1.96. The summed E-state index contributed by atoms with van der Waals surface area (Å²) in [5.41, 5.74) is 1.60. The molecule has 0 aliphatic carbocycles. The van der Waals surface area contributed by atoms with Crippen molar-refractivity contribution in [3.63, 3.8) is 0 Å². The third-order valence-electron chi connectivity index (χ3n) is 2.87. The SMILES string of the molecule is [B]C(CCOc1ccc(CC)c(C#N)c1)C(=O)OCC. The number of nitrogens with zero attached hydrogens (tertiary/aromatic N) is 1. The quantitative estimate of drug-likeness (QED) is 0.564. The molecule has 0 saturated heterocycles. The Morgan fingerprint density at radius 1 is 1.45 bits per heavy atom. The lowest BCUT2D eigenvalue weighted by molar-refractivity contribution is -0.143. The molecule has 0 aliphatic heterocycles. The Balaban J connectivity index is 2.50. The molecule has 5 heteroatoms. The summed E-state index contributed by atoms with van der Waals surface area (Å²) in [5.74, 6) is -0.495. The molecule has 20 heavy (non-hydrogen) atoms. The zero-order valence-corrected chi connectivity index (χ0v) is 11.9. The molecule has 1 aromatic carbocycles. The molecule has 1 atom stereocenters. The van der Waals surface area contributed by atoms with Crippen molar-refractivity contribution < 1.29 is 14.3 Å². The van der Waals surface area contributed by atoms with Crippen LogP contribution < -0.4 is 4.74 Å². The number of rotatable bonds is 7. The summed E-state index contributed by atoms with van der Waals surface area (Å²) in [7, 11) is 5.66. The number of nitriles is 1. The van der Waals surface area contributed by atoms with E-state index in [1.54, 1.807) is 13.0 Å². The predicted octanol–water partition coefficient (Wildman–Crippen LogP) is 2.41. The molecule has 0 fully saturated rings. The summed E-state index contributed by atoms with van der Waals surface area (Å²) in [6.45, 7) is 4.35. The van der Waals surface area contributed by atoms with E-state index in [1.165, 1.54) is 0 Å². The highest BCUT2D eigenvalue weighted by Crippen LogP contribution is 2.19. The smallest absolute Gasteiger partial charge is 0.300 e. The molecule has 0 amide bonds. The Morgan fingerprint density at radius 3 is 2.80 bits per heavy atom. The Bertz CT molecular complexity index is 496. The van der Waals surface area contributed by atoms with E-state index in [-0.39, 0.29) is 0 Å². The van der Waals surface area contributed by atoms with E-state index < -0.39 is 11.8 Å². The van der Waals surface area contributed by atoms with Crippen molar-refractivity contribution in [3.05, 3.63) is 29.3 Å². The van der Waals surface area contributed by atoms with Crippen LogP contribution in [-0.4, -0.2) is 27.0 Å². The first-order valence-corrected chi connectivity index (χ1v) is 6.70. The zero-order chi connectivity index (χ0) is 15.0. The summed E-state index contributed by atoms with van der Waals surface area (Å²) in [5, 5.41) is 9.03. The number of hydrogen-bond acceptors (Lipinski definition) is 4. The number of esters is 1. The second-order valence-corrected chi connectivity index (χ2v) is 4.28. The van der Waals surface area contributed by atoms with E-state index >= 15 is 0 Å². The average molecular weight is 271 g/mol. The van der Waals surface area contributed by atoms with Gasteiger partial charge in [0.2, 0.25) is 0 Å². The van der Waals surface area contributed by atoms with E-state index in [9.17, 15) is 4.79 Å². The van der Waals surface area contributed by atoms with Gasteiger partial charge in [-0.2, -0.15) is 5.26 Å². The van der Waals surface area contributed by atoms with E-state index in [0.29, 0.717) is 30.9 Å². The van der Waals surface area contributed by atoms with Gasteiger partial charge in [-0.25, -0.2) is 0 Å². The Labute approximate surface area is 121 Å². The molecule has 1 unspecified atom stereocenters. The highest BCUT2D eigenvalue weighted by molar-refractivity contribution is 6.22. The fourth-order valence-corrected chi connectivity index (χ4v) is 1.73. The number of carbonyl (C=O) groups is 1. The van der Waals surface area contributed by atoms with Gasteiger partial charge in [-0.15, -0.1) is 0 Å². The normalized spacial score (nSPS) is 11.4. The van der Waals surface area contributed by atoms with E-state index in [0.717, 1.165) is 12.0 Å². The van der Waals surface area contributed by atoms with Gasteiger partial charge in [0.25, 0.3) is 5.97 Å². The fourth-order valence-electron chi connectivity index (χ4n) is 1.73. The standard InChI is InChI=1S/C15H18BNO3/c1-3-11-5-6-13(9-12(11)10-17)20-8-7-14(16)15(18)19-4-2/h5-6,9,14H,3-4,7-8H2,1-2H3. The number of carbonyl (C=O) groups excluding carboxylic acids is 1. The molecule has 1 rings (SSSR count). The van der Waals surface area contributed by atoms with Crippen LogP contribution in [0.25, 0.3) is 0 Å². The van der Waals surface area contributed by atoms with Gasteiger partial charge in [-0.3, -0.25) is 4.79 Å². The van der Waals surface area contributed by atoms with Crippen molar-refractivity contribution in [2.45, 2.75) is 32.5 Å². The molecule has 0 saturated carbocycles. The third kappa shape index (κ3) is 4.62. The number of hydrogen-bond donors (Lipinski definition) is 0. The number of benzene rings is 1. The topological polar surface area (TPSA) is 59.3 Å². The molecule has 0 aromatic heterocycles. The molecule has 1 aromatic rings. The van der Waals surface area contributed by atoms with Crippen LogP contribution in [0.2, 0.25) is 5.82 Å². The second kappa shape index (κ2) is 8.26. The summed E-state index contributed by atoms with van der Waals surface area (Å²) >= 11 is 0. The lowest BCUT2D eigenvalue weighted by atomic mass is 9.85. The van der Waals surface area contributed by atoms with Gasteiger partial charge in [-0.1, -0.05) is 13.0 Å². The van der Waals surface area contributed by atoms with Gasteiger partial charge >= 0.3 is 0 Å². The summed E-state index contributed by atoms with van der Waals surface area (Å²) < 4.78 is 10.3. The fraction of sp³-hybridized carbons (Fsp3) is 0.467. The predicted molar refractivity (Wildman–Crippen MR) is 76.8 cm³/mol. The van der Waals surface area contributed by atoms with Crippen LogP contribution in [0.5, 0.6) is 5.75 Å². The maximum Gasteiger partial charge on any atom is 0.300 e. The van der Waals surface area contributed by atoms with Crippen LogP contribution in [0.4, 0.5) is 0 Å². The zero-order valence-electron chi connectivity index (χ0n) is 11.9. The monoisotopic (exact) mass is 271 g/mol. The lowest BCUT2D eigenvalue weighted by Crippen LogP contribution is -2.15. The number of ether oxygens (including phenoxy) is 2.